The van der Waals surface area contributed by atoms with Gasteiger partial charge in [-0.3, -0.25) is 9.59 Å². The van der Waals surface area contributed by atoms with Crippen LogP contribution in [0, 0.1) is 0 Å². The fraction of sp³-hybridized carbons (Fsp3) is 0.0909. The number of carbonyl (C=O) groups is 2. The number of amides is 2. The van der Waals surface area contributed by atoms with Crippen molar-refractivity contribution < 1.29 is 19.1 Å². The molecule has 0 bridgehead atoms. The summed E-state index contributed by atoms with van der Waals surface area (Å²) in [6.07, 6.45) is 0. The summed E-state index contributed by atoms with van der Waals surface area (Å²) in [6, 6.07) is 25.5. The van der Waals surface area contributed by atoms with Gasteiger partial charge in [-0.15, -0.1) is 0 Å². The van der Waals surface area contributed by atoms with E-state index in [9.17, 15) is 9.59 Å². The minimum atomic E-state index is -0.343. The molecule has 0 aliphatic heterocycles. The second-order valence-corrected chi connectivity index (χ2v) is 5.89. The third kappa shape index (κ3) is 6.26. The standard InChI is InChI=1S/C22H20N2O4/c25-21(23-17-7-3-1-4-8-17)15-27-16-22(26)24-18-11-13-20(14-12-18)28-19-9-5-2-6-10-19/h1-14H,15-16H2,(H,23,25)(H,24,26). The maximum atomic E-state index is 11.9. The largest absolute Gasteiger partial charge is 0.457 e. The first-order valence-corrected chi connectivity index (χ1v) is 8.74. The number of para-hydroxylation sites is 2. The molecule has 142 valence electrons. The average Bonchev–Trinajstić information content (AvgIpc) is 2.71. The maximum absolute atomic E-state index is 11.9. The first-order valence-electron chi connectivity index (χ1n) is 8.74. The SMILES string of the molecule is O=C(COCC(=O)Nc1ccc(Oc2ccccc2)cc1)Nc1ccccc1. The molecule has 0 spiro atoms. The highest BCUT2D eigenvalue weighted by Crippen LogP contribution is 2.22. The Labute approximate surface area is 163 Å². The van der Waals surface area contributed by atoms with E-state index >= 15 is 0 Å². The molecule has 3 aromatic carbocycles. The molecule has 0 unspecified atom stereocenters. The summed E-state index contributed by atoms with van der Waals surface area (Å²) in [4.78, 5) is 23.7. The molecule has 0 radical (unpaired) electrons. The van der Waals surface area contributed by atoms with Crippen molar-refractivity contribution in [2.24, 2.45) is 0 Å². The summed E-state index contributed by atoms with van der Waals surface area (Å²) in [5.74, 6) is 0.741. The number of anilines is 2. The van der Waals surface area contributed by atoms with Gasteiger partial charge in [0, 0.05) is 11.4 Å². The monoisotopic (exact) mass is 376 g/mol. The predicted octanol–water partition coefficient (Wildman–Crippen LogP) is 4.07. The fourth-order valence-electron chi connectivity index (χ4n) is 2.38. The van der Waals surface area contributed by atoms with E-state index < -0.39 is 0 Å². The Kier molecular flexibility index (Phi) is 6.76. The number of rotatable bonds is 8. The first-order chi connectivity index (χ1) is 13.7. The van der Waals surface area contributed by atoms with Crippen LogP contribution in [-0.2, 0) is 14.3 Å². The van der Waals surface area contributed by atoms with Gasteiger partial charge in [0.2, 0.25) is 11.8 Å². The second kappa shape index (κ2) is 9.89. The van der Waals surface area contributed by atoms with Crippen molar-refractivity contribution in [2.75, 3.05) is 23.8 Å². The van der Waals surface area contributed by atoms with Crippen molar-refractivity contribution in [2.45, 2.75) is 0 Å². The molecule has 2 N–H and O–H groups in total. The molecule has 3 aromatic rings. The minimum absolute atomic E-state index is 0.202. The van der Waals surface area contributed by atoms with E-state index in [1.165, 1.54) is 0 Å². The normalized spacial score (nSPS) is 10.1. The minimum Gasteiger partial charge on any atom is -0.457 e. The Morgan fingerprint density at radius 2 is 1.07 bits per heavy atom. The number of carbonyl (C=O) groups excluding carboxylic acids is 2. The van der Waals surface area contributed by atoms with Gasteiger partial charge >= 0.3 is 0 Å². The predicted molar refractivity (Wildman–Crippen MR) is 107 cm³/mol. The molecular formula is C22H20N2O4. The summed E-state index contributed by atoms with van der Waals surface area (Å²) in [5.41, 5.74) is 1.29. The highest BCUT2D eigenvalue weighted by Gasteiger charge is 2.07. The topological polar surface area (TPSA) is 76.7 Å². The van der Waals surface area contributed by atoms with E-state index in [0.717, 1.165) is 5.75 Å². The van der Waals surface area contributed by atoms with E-state index in [0.29, 0.717) is 17.1 Å². The van der Waals surface area contributed by atoms with Gasteiger partial charge < -0.3 is 20.1 Å². The summed E-state index contributed by atoms with van der Waals surface area (Å²) >= 11 is 0. The lowest BCUT2D eigenvalue weighted by atomic mass is 10.3. The smallest absolute Gasteiger partial charge is 0.250 e. The van der Waals surface area contributed by atoms with Crippen LogP contribution < -0.4 is 15.4 Å². The molecule has 0 aliphatic rings. The molecule has 0 saturated heterocycles. The van der Waals surface area contributed by atoms with E-state index in [-0.39, 0.29) is 25.0 Å². The van der Waals surface area contributed by atoms with Crippen molar-refractivity contribution in [3.05, 3.63) is 84.9 Å². The Morgan fingerprint density at radius 1 is 0.607 bits per heavy atom. The Balaban J connectivity index is 1.39. The van der Waals surface area contributed by atoms with Crippen LogP contribution >= 0.6 is 0 Å². The van der Waals surface area contributed by atoms with Crippen molar-refractivity contribution in [3.8, 4) is 11.5 Å². The highest BCUT2D eigenvalue weighted by atomic mass is 16.5. The number of nitrogens with one attached hydrogen (secondary N) is 2. The molecule has 0 heterocycles. The van der Waals surface area contributed by atoms with Crippen LogP contribution in [0.25, 0.3) is 0 Å². The molecule has 6 nitrogen and oxygen atoms in total. The van der Waals surface area contributed by atoms with Gasteiger partial charge in [0.25, 0.3) is 0 Å². The Morgan fingerprint density at radius 3 is 1.64 bits per heavy atom. The van der Waals surface area contributed by atoms with Gasteiger partial charge in [0.05, 0.1) is 0 Å². The lowest BCUT2D eigenvalue weighted by molar-refractivity contribution is -0.125. The van der Waals surface area contributed by atoms with E-state index in [1.54, 1.807) is 36.4 Å². The molecule has 0 aromatic heterocycles. The van der Waals surface area contributed by atoms with E-state index in [2.05, 4.69) is 10.6 Å². The van der Waals surface area contributed by atoms with Crippen LogP contribution in [0.1, 0.15) is 0 Å². The van der Waals surface area contributed by atoms with Crippen LogP contribution in [0.3, 0.4) is 0 Å². The molecule has 0 fully saturated rings. The molecule has 0 atom stereocenters. The molecule has 3 rings (SSSR count). The third-order valence-electron chi connectivity index (χ3n) is 3.64. The van der Waals surface area contributed by atoms with Crippen LogP contribution in [0.2, 0.25) is 0 Å². The van der Waals surface area contributed by atoms with Gasteiger partial charge in [-0.25, -0.2) is 0 Å². The van der Waals surface area contributed by atoms with Crippen LogP contribution in [0.4, 0.5) is 11.4 Å². The van der Waals surface area contributed by atoms with Gasteiger partial charge in [-0.2, -0.15) is 0 Å². The van der Waals surface area contributed by atoms with E-state index in [1.807, 2.05) is 48.5 Å². The Bertz CT molecular complexity index is 897. The summed E-state index contributed by atoms with van der Waals surface area (Å²) in [5, 5.41) is 5.39. The second-order valence-electron chi connectivity index (χ2n) is 5.89. The fourth-order valence-corrected chi connectivity index (χ4v) is 2.38. The average molecular weight is 376 g/mol. The van der Waals surface area contributed by atoms with Crippen LogP contribution in [-0.4, -0.2) is 25.0 Å². The van der Waals surface area contributed by atoms with Crippen molar-refractivity contribution in [1.29, 1.82) is 0 Å². The number of hydrogen-bond acceptors (Lipinski definition) is 4. The zero-order chi connectivity index (χ0) is 19.6. The third-order valence-corrected chi connectivity index (χ3v) is 3.64. The van der Waals surface area contributed by atoms with Gasteiger partial charge in [-0.05, 0) is 48.5 Å². The van der Waals surface area contributed by atoms with Crippen LogP contribution in [0.5, 0.6) is 11.5 Å². The molecule has 0 aliphatic carbocycles. The zero-order valence-corrected chi connectivity index (χ0v) is 15.1. The van der Waals surface area contributed by atoms with E-state index in [4.69, 9.17) is 9.47 Å². The van der Waals surface area contributed by atoms with Crippen molar-refractivity contribution >= 4 is 23.2 Å². The first kappa shape index (κ1) is 19.1. The van der Waals surface area contributed by atoms with Crippen molar-refractivity contribution in [1.82, 2.24) is 0 Å². The summed E-state index contributed by atoms with van der Waals surface area (Å²) in [6.45, 7) is -0.420. The zero-order valence-electron chi connectivity index (χ0n) is 15.1. The summed E-state index contributed by atoms with van der Waals surface area (Å²) in [7, 11) is 0. The molecule has 2 amide bonds. The molecule has 28 heavy (non-hydrogen) atoms. The quantitative estimate of drug-likeness (QED) is 0.621. The highest BCUT2D eigenvalue weighted by molar-refractivity contribution is 5.93. The molecular weight excluding hydrogens is 356 g/mol. The number of hydrogen-bond donors (Lipinski definition) is 2. The van der Waals surface area contributed by atoms with Gasteiger partial charge in [0.1, 0.15) is 24.7 Å². The number of ether oxygens (including phenoxy) is 2. The Hall–Kier alpha value is -3.64. The maximum Gasteiger partial charge on any atom is 0.250 e. The lowest BCUT2D eigenvalue weighted by Crippen LogP contribution is -2.23. The lowest BCUT2D eigenvalue weighted by Gasteiger charge is -2.09. The summed E-state index contributed by atoms with van der Waals surface area (Å²) < 4.78 is 10.9. The number of benzene rings is 3. The van der Waals surface area contributed by atoms with Gasteiger partial charge in [-0.1, -0.05) is 36.4 Å². The molecule has 6 heteroatoms. The van der Waals surface area contributed by atoms with Crippen LogP contribution in [0.15, 0.2) is 84.9 Å². The van der Waals surface area contributed by atoms with Gasteiger partial charge in [0.15, 0.2) is 0 Å². The molecule has 0 saturated carbocycles. The van der Waals surface area contributed by atoms with Crippen molar-refractivity contribution in [3.63, 3.8) is 0 Å².